The zero-order valence-electron chi connectivity index (χ0n) is 17.2. The molecule has 0 amide bonds. The smallest absolute Gasteiger partial charge is 0.261 e. The molecule has 0 bridgehead atoms. The van der Waals surface area contributed by atoms with Crippen molar-refractivity contribution in [2.45, 2.75) is 11.8 Å². The van der Waals surface area contributed by atoms with E-state index in [0.29, 0.717) is 23.1 Å². The first-order chi connectivity index (χ1) is 15.4. The molecule has 0 saturated heterocycles. The fourth-order valence-corrected chi connectivity index (χ4v) is 4.37. The van der Waals surface area contributed by atoms with Crippen LogP contribution in [0.15, 0.2) is 72.1 Å². The molecule has 164 valence electrons. The molecule has 0 fully saturated rings. The van der Waals surface area contributed by atoms with Gasteiger partial charge in [0.15, 0.2) is 0 Å². The second-order valence-electron chi connectivity index (χ2n) is 6.71. The summed E-state index contributed by atoms with van der Waals surface area (Å²) in [6, 6.07) is 12.8. The van der Waals surface area contributed by atoms with Crippen molar-refractivity contribution in [3.63, 3.8) is 0 Å². The molecule has 0 aliphatic rings. The number of hydrogen-bond donors (Lipinski definition) is 2. The molecule has 0 radical (unpaired) electrons. The van der Waals surface area contributed by atoms with Gasteiger partial charge >= 0.3 is 0 Å². The molecule has 4 rings (SSSR count). The van der Waals surface area contributed by atoms with Crippen LogP contribution < -0.4 is 14.8 Å². The number of methoxy groups -OCH3 is 1. The van der Waals surface area contributed by atoms with Crippen LogP contribution >= 0.6 is 11.6 Å². The Hall–Kier alpha value is -3.63. The molecule has 2 heterocycles. The summed E-state index contributed by atoms with van der Waals surface area (Å²) in [5, 5.41) is 3.39. The molecule has 0 unspecified atom stereocenters. The first-order valence-electron chi connectivity index (χ1n) is 9.41. The summed E-state index contributed by atoms with van der Waals surface area (Å²) < 4.78 is 34.7. The van der Waals surface area contributed by atoms with Gasteiger partial charge in [-0.2, -0.15) is 0 Å². The highest BCUT2D eigenvalue weighted by molar-refractivity contribution is 7.92. The van der Waals surface area contributed by atoms with Gasteiger partial charge in [-0.05, 0) is 49.4 Å². The standard InChI is InChI=1S/C21H19ClN6O3S/c1-14-23-9-10-28(14)21-12-20(24-13-25-21)26-15-3-5-16(6-4-15)27-32(29,30)17-7-8-19(31-2)18(22)11-17/h3-13,27H,1-2H3,(H,24,25,26). The molecule has 11 heteroatoms. The van der Waals surface area contributed by atoms with Gasteiger partial charge < -0.3 is 10.1 Å². The number of sulfonamides is 1. The maximum atomic E-state index is 12.7. The average Bonchev–Trinajstić information content (AvgIpc) is 3.21. The van der Waals surface area contributed by atoms with Crippen molar-refractivity contribution in [1.82, 2.24) is 19.5 Å². The number of nitrogens with one attached hydrogen (secondary N) is 2. The number of ether oxygens (including phenoxy) is 1. The summed E-state index contributed by atoms with van der Waals surface area (Å²) in [6.07, 6.45) is 4.97. The summed E-state index contributed by atoms with van der Waals surface area (Å²) in [7, 11) is -2.34. The Morgan fingerprint density at radius 1 is 1.00 bits per heavy atom. The van der Waals surface area contributed by atoms with Crippen molar-refractivity contribution in [2.75, 3.05) is 17.1 Å². The lowest BCUT2D eigenvalue weighted by molar-refractivity contribution is 0.414. The number of halogens is 1. The van der Waals surface area contributed by atoms with Crippen molar-refractivity contribution in [3.8, 4) is 11.6 Å². The molecule has 2 aromatic heterocycles. The number of nitrogens with zero attached hydrogens (tertiary/aromatic N) is 4. The van der Waals surface area contributed by atoms with Crippen molar-refractivity contribution in [3.05, 3.63) is 78.1 Å². The number of anilines is 3. The van der Waals surface area contributed by atoms with Gasteiger partial charge in [-0.3, -0.25) is 9.29 Å². The lowest BCUT2D eigenvalue weighted by atomic mass is 10.3. The van der Waals surface area contributed by atoms with E-state index in [9.17, 15) is 8.42 Å². The van der Waals surface area contributed by atoms with Crippen molar-refractivity contribution < 1.29 is 13.2 Å². The van der Waals surface area contributed by atoms with E-state index in [1.54, 1.807) is 36.5 Å². The van der Waals surface area contributed by atoms with E-state index >= 15 is 0 Å². The Morgan fingerprint density at radius 3 is 2.41 bits per heavy atom. The van der Waals surface area contributed by atoms with Gasteiger partial charge in [-0.25, -0.2) is 23.4 Å². The van der Waals surface area contributed by atoms with E-state index in [1.807, 2.05) is 17.7 Å². The highest BCUT2D eigenvalue weighted by atomic mass is 35.5. The van der Waals surface area contributed by atoms with E-state index < -0.39 is 10.0 Å². The Morgan fingerprint density at radius 2 is 1.75 bits per heavy atom. The topological polar surface area (TPSA) is 111 Å². The van der Waals surface area contributed by atoms with Crippen LogP contribution in [0.1, 0.15) is 5.82 Å². The molecule has 0 atom stereocenters. The monoisotopic (exact) mass is 470 g/mol. The van der Waals surface area contributed by atoms with E-state index in [-0.39, 0.29) is 9.92 Å². The summed E-state index contributed by atoms with van der Waals surface area (Å²) in [5.74, 6) is 2.48. The van der Waals surface area contributed by atoms with Gasteiger partial charge in [-0.1, -0.05) is 11.6 Å². The first-order valence-corrected chi connectivity index (χ1v) is 11.3. The molecule has 0 aliphatic carbocycles. The largest absolute Gasteiger partial charge is 0.495 e. The van der Waals surface area contributed by atoms with Gasteiger partial charge in [0.2, 0.25) is 0 Å². The minimum Gasteiger partial charge on any atom is -0.495 e. The molecule has 2 N–H and O–H groups in total. The number of aromatic nitrogens is 4. The molecule has 0 saturated carbocycles. The van der Waals surface area contributed by atoms with Crippen LogP contribution in [0.5, 0.6) is 5.75 Å². The minimum absolute atomic E-state index is 0.0359. The minimum atomic E-state index is -3.81. The quantitative estimate of drug-likeness (QED) is 0.416. The van der Waals surface area contributed by atoms with Crippen molar-refractivity contribution in [1.29, 1.82) is 0 Å². The summed E-state index contributed by atoms with van der Waals surface area (Å²) in [5.41, 5.74) is 1.13. The molecule has 4 aromatic rings. The van der Waals surface area contributed by atoms with Gasteiger partial charge in [0.1, 0.15) is 29.5 Å². The van der Waals surface area contributed by atoms with Crippen LogP contribution in [0.4, 0.5) is 17.2 Å². The summed E-state index contributed by atoms with van der Waals surface area (Å²) in [6.45, 7) is 1.88. The third kappa shape index (κ3) is 4.66. The predicted octanol–water partition coefficient (Wildman–Crippen LogP) is 4.18. The number of imidazole rings is 1. The maximum Gasteiger partial charge on any atom is 0.261 e. The average molecular weight is 471 g/mol. The maximum absolute atomic E-state index is 12.7. The second-order valence-corrected chi connectivity index (χ2v) is 8.80. The molecule has 9 nitrogen and oxygen atoms in total. The zero-order chi connectivity index (χ0) is 22.7. The van der Waals surface area contributed by atoms with Gasteiger partial charge in [0.05, 0.1) is 17.0 Å². The third-order valence-electron chi connectivity index (χ3n) is 4.57. The zero-order valence-corrected chi connectivity index (χ0v) is 18.7. The predicted molar refractivity (Wildman–Crippen MR) is 122 cm³/mol. The third-order valence-corrected chi connectivity index (χ3v) is 6.24. The van der Waals surface area contributed by atoms with Crippen LogP contribution in [-0.4, -0.2) is 35.0 Å². The Labute approximate surface area is 190 Å². The fourth-order valence-electron chi connectivity index (χ4n) is 2.97. The van der Waals surface area contributed by atoms with Gasteiger partial charge in [0, 0.05) is 29.8 Å². The van der Waals surface area contributed by atoms with E-state index in [1.165, 1.54) is 31.6 Å². The highest BCUT2D eigenvalue weighted by Gasteiger charge is 2.16. The van der Waals surface area contributed by atoms with E-state index in [4.69, 9.17) is 16.3 Å². The molecule has 0 spiro atoms. The molecular weight excluding hydrogens is 452 g/mol. The normalized spacial score (nSPS) is 11.2. The van der Waals surface area contributed by atoms with Crippen molar-refractivity contribution in [2.24, 2.45) is 0 Å². The van der Waals surface area contributed by atoms with Crippen LogP contribution in [0, 0.1) is 6.92 Å². The Bertz CT molecular complexity index is 1360. The summed E-state index contributed by atoms with van der Waals surface area (Å²) >= 11 is 6.05. The van der Waals surface area contributed by atoms with Gasteiger partial charge in [-0.15, -0.1) is 0 Å². The molecule has 2 aromatic carbocycles. The number of hydrogen-bond acceptors (Lipinski definition) is 7. The highest BCUT2D eigenvalue weighted by Crippen LogP contribution is 2.28. The van der Waals surface area contributed by atoms with Crippen LogP contribution in [0.25, 0.3) is 5.82 Å². The van der Waals surface area contributed by atoms with Crippen molar-refractivity contribution >= 4 is 38.8 Å². The van der Waals surface area contributed by atoms with Crippen LogP contribution in [-0.2, 0) is 10.0 Å². The number of benzene rings is 2. The SMILES string of the molecule is COc1ccc(S(=O)(=O)Nc2ccc(Nc3cc(-n4ccnc4C)ncn3)cc2)cc1Cl. The van der Waals surface area contributed by atoms with Gasteiger partial charge in [0.25, 0.3) is 10.0 Å². The molecule has 0 aliphatic heterocycles. The van der Waals surface area contributed by atoms with E-state index in [2.05, 4.69) is 25.0 Å². The summed E-state index contributed by atoms with van der Waals surface area (Å²) in [4.78, 5) is 12.7. The first kappa shape index (κ1) is 21.6. The second kappa shape index (κ2) is 8.85. The number of rotatable bonds is 7. The van der Waals surface area contributed by atoms with E-state index in [0.717, 1.165) is 11.5 Å². The lowest BCUT2D eigenvalue weighted by Crippen LogP contribution is -2.13. The Balaban J connectivity index is 1.48. The molecular formula is C21H19ClN6O3S. The number of aryl methyl sites for hydroxylation is 1. The molecule has 32 heavy (non-hydrogen) atoms. The Kier molecular flexibility index (Phi) is 5.97. The van der Waals surface area contributed by atoms with Crippen LogP contribution in [0.2, 0.25) is 5.02 Å². The van der Waals surface area contributed by atoms with Crippen LogP contribution in [0.3, 0.4) is 0 Å². The fraction of sp³-hybridized carbons (Fsp3) is 0.0952. The lowest BCUT2D eigenvalue weighted by Gasteiger charge is -2.11.